The van der Waals surface area contributed by atoms with Crippen molar-refractivity contribution in [1.82, 2.24) is 4.90 Å². The molecular weight excluding hydrogens is 254 g/mol. The fraction of sp³-hybridized carbons (Fsp3) is 0.533. The third-order valence-corrected chi connectivity index (χ3v) is 2.98. The first-order valence-corrected chi connectivity index (χ1v) is 6.84. The van der Waals surface area contributed by atoms with E-state index in [9.17, 15) is 9.90 Å². The molecule has 0 aromatic heterocycles. The Balaban J connectivity index is 2.67. The molecule has 0 aliphatic rings. The minimum Gasteiger partial charge on any atom is -0.397 e. The lowest BCUT2D eigenvalue weighted by molar-refractivity contribution is 0.0827. The standard InChI is InChI=1S/C15H25N3O2/c1-10(2)7-12(19)9-17-14-6-5-11(8-13(14)16)15(20)18(3)4/h5-6,8,10,12,17,19H,7,9,16H2,1-4H3. The third kappa shape index (κ3) is 4.74. The molecule has 0 bridgehead atoms. The van der Waals surface area contributed by atoms with Gasteiger partial charge in [0, 0.05) is 26.2 Å². The van der Waals surface area contributed by atoms with Gasteiger partial charge in [0.1, 0.15) is 0 Å². The van der Waals surface area contributed by atoms with Crippen molar-refractivity contribution in [3.8, 4) is 0 Å². The van der Waals surface area contributed by atoms with Gasteiger partial charge in [-0.3, -0.25) is 4.79 Å². The molecule has 1 rings (SSSR count). The quantitative estimate of drug-likeness (QED) is 0.694. The normalized spacial score (nSPS) is 12.3. The topological polar surface area (TPSA) is 78.6 Å². The highest BCUT2D eigenvalue weighted by atomic mass is 16.3. The summed E-state index contributed by atoms with van der Waals surface area (Å²) in [7, 11) is 3.40. The molecule has 5 nitrogen and oxygen atoms in total. The fourth-order valence-corrected chi connectivity index (χ4v) is 1.97. The minimum atomic E-state index is -0.405. The number of nitrogen functional groups attached to an aromatic ring is 1. The van der Waals surface area contributed by atoms with Gasteiger partial charge in [-0.1, -0.05) is 13.8 Å². The average molecular weight is 279 g/mol. The van der Waals surface area contributed by atoms with E-state index in [0.29, 0.717) is 23.7 Å². The molecule has 0 aliphatic carbocycles. The number of hydrogen-bond acceptors (Lipinski definition) is 4. The van der Waals surface area contributed by atoms with Crippen LogP contribution < -0.4 is 11.1 Å². The van der Waals surface area contributed by atoms with E-state index in [0.717, 1.165) is 12.1 Å². The van der Waals surface area contributed by atoms with Gasteiger partial charge in [-0.2, -0.15) is 0 Å². The number of carbonyl (C=O) groups excluding carboxylic acids is 1. The summed E-state index contributed by atoms with van der Waals surface area (Å²) in [6.45, 7) is 4.59. The summed E-state index contributed by atoms with van der Waals surface area (Å²) in [6, 6.07) is 5.16. The van der Waals surface area contributed by atoms with Crippen LogP contribution in [0.2, 0.25) is 0 Å². The Morgan fingerprint density at radius 2 is 2.05 bits per heavy atom. The number of carbonyl (C=O) groups is 1. The van der Waals surface area contributed by atoms with Gasteiger partial charge in [0.2, 0.25) is 0 Å². The molecule has 0 saturated carbocycles. The molecule has 112 valence electrons. The van der Waals surface area contributed by atoms with Crippen molar-refractivity contribution in [2.75, 3.05) is 31.7 Å². The van der Waals surface area contributed by atoms with Crippen LogP contribution in [0, 0.1) is 5.92 Å². The SMILES string of the molecule is CC(C)CC(O)CNc1ccc(C(=O)N(C)C)cc1N. The van der Waals surface area contributed by atoms with Crippen molar-refractivity contribution in [1.29, 1.82) is 0 Å². The van der Waals surface area contributed by atoms with E-state index in [2.05, 4.69) is 19.2 Å². The van der Waals surface area contributed by atoms with E-state index < -0.39 is 6.10 Å². The molecular formula is C15H25N3O2. The van der Waals surface area contributed by atoms with Crippen LogP contribution in [0.5, 0.6) is 0 Å². The van der Waals surface area contributed by atoms with E-state index in [1.165, 1.54) is 4.90 Å². The molecule has 0 saturated heterocycles. The second-order valence-corrected chi connectivity index (χ2v) is 5.67. The van der Waals surface area contributed by atoms with Gasteiger partial charge in [0.15, 0.2) is 0 Å². The lowest BCUT2D eigenvalue weighted by Gasteiger charge is -2.17. The van der Waals surface area contributed by atoms with Gasteiger partial charge in [-0.25, -0.2) is 0 Å². The highest BCUT2D eigenvalue weighted by Crippen LogP contribution is 2.21. The number of hydrogen-bond donors (Lipinski definition) is 3. The number of benzene rings is 1. The predicted molar refractivity (Wildman–Crippen MR) is 82.8 cm³/mol. The molecule has 1 unspecified atom stereocenters. The Morgan fingerprint density at radius 3 is 2.55 bits per heavy atom. The van der Waals surface area contributed by atoms with Crippen LogP contribution in [0.25, 0.3) is 0 Å². The maximum absolute atomic E-state index is 11.8. The van der Waals surface area contributed by atoms with Gasteiger partial charge in [-0.05, 0) is 30.5 Å². The van der Waals surface area contributed by atoms with Crippen LogP contribution >= 0.6 is 0 Å². The Kier molecular flexibility index (Phi) is 5.82. The number of anilines is 2. The Hall–Kier alpha value is -1.75. The molecule has 0 fully saturated rings. The lowest BCUT2D eigenvalue weighted by atomic mass is 10.1. The minimum absolute atomic E-state index is 0.0805. The first-order valence-electron chi connectivity index (χ1n) is 6.84. The predicted octanol–water partition coefficient (Wildman–Crippen LogP) is 1.79. The number of rotatable bonds is 6. The van der Waals surface area contributed by atoms with Crippen LogP contribution in [0.3, 0.4) is 0 Å². The zero-order valence-corrected chi connectivity index (χ0v) is 12.7. The van der Waals surface area contributed by atoms with Crippen molar-refractivity contribution in [2.45, 2.75) is 26.4 Å². The number of amides is 1. The molecule has 0 radical (unpaired) electrons. The van der Waals surface area contributed by atoms with Crippen molar-refractivity contribution in [2.24, 2.45) is 5.92 Å². The summed E-state index contributed by atoms with van der Waals surface area (Å²) in [6.07, 6.45) is 0.335. The van der Waals surface area contributed by atoms with Gasteiger partial charge < -0.3 is 21.1 Å². The van der Waals surface area contributed by atoms with E-state index in [1.54, 1.807) is 32.3 Å². The molecule has 20 heavy (non-hydrogen) atoms. The zero-order chi connectivity index (χ0) is 15.3. The molecule has 1 atom stereocenters. The first-order chi connectivity index (χ1) is 9.31. The Labute approximate surface area is 120 Å². The summed E-state index contributed by atoms with van der Waals surface area (Å²) in [5.74, 6) is 0.368. The molecule has 0 aliphatic heterocycles. The maximum Gasteiger partial charge on any atom is 0.253 e. The number of nitrogens with zero attached hydrogens (tertiary/aromatic N) is 1. The van der Waals surface area contributed by atoms with Crippen molar-refractivity contribution in [3.05, 3.63) is 23.8 Å². The smallest absolute Gasteiger partial charge is 0.253 e. The second kappa shape index (κ2) is 7.14. The van der Waals surface area contributed by atoms with E-state index in [1.807, 2.05) is 0 Å². The first kappa shape index (κ1) is 16.3. The van der Waals surface area contributed by atoms with Crippen LogP contribution in [-0.2, 0) is 0 Å². The van der Waals surface area contributed by atoms with Gasteiger partial charge in [0.05, 0.1) is 17.5 Å². The van der Waals surface area contributed by atoms with E-state index in [4.69, 9.17) is 5.73 Å². The Morgan fingerprint density at radius 1 is 1.40 bits per heavy atom. The lowest BCUT2D eigenvalue weighted by Crippen LogP contribution is -2.23. The summed E-state index contributed by atoms with van der Waals surface area (Å²) in [4.78, 5) is 13.3. The van der Waals surface area contributed by atoms with Gasteiger partial charge >= 0.3 is 0 Å². The molecule has 0 spiro atoms. The molecule has 1 aromatic rings. The highest BCUT2D eigenvalue weighted by Gasteiger charge is 2.11. The van der Waals surface area contributed by atoms with Gasteiger partial charge in [-0.15, -0.1) is 0 Å². The van der Waals surface area contributed by atoms with Crippen LogP contribution in [-0.4, -0.2) is 42.7 Å². The molecule has 1 amide bonds. The van der Waals surface area contributed by atoms with Crippen LogP contribution in [0.15, 0.2) is 18.2 Å². The third-order valence-electron chi connectivity index (χ3n) is 2.98. The summed E-state index contributed by atoms with van der Waals surface area (Å²) in [5, 5.41) is 12.9. The molecule has 0 heterocycles. The summed E-state index contributed by atoms with van der Waals surface area (Å²) in [5.41, 5.74) is 7.74. The van der Waals surface area contributed by atoms with E-state index >= 15 is 0 Å². The number of nitrogens with one attached hydrogen (secondary N) is 1. The largest absolute Gasteiger partial charge is 0.397 e. The Bertz CT molecular complexity index is 458. The zero-order valence-electron chi connectivity index (χ0n) is 12.7. The average Bonchev–Trinajstić information content (AvgIpc) is 2.35. The van der Waals surface area contributed by atoms with Crippen LogP contribution in [0.4, 0.5) is 11.4 Å². The van der Waals surface area contributed by atoms with Crippen LogP contribution in [0.1, 0.15) is 30.6 Å². The number of aliphatic hydroxyl groups excluding tert-OH is 1. The summed E-state index contributed by atoms with van der Waals surface area (Å²) >= 11 is 0. The summed E-state index contributed by atoms with van der Waals surface area (Å²) < 4.78 is 0. The fourth-order valence-electron chi connectivity index (χ4n) is 1.97. The van der Waals surface area contributed by atoms with Crippen molar-refractivity contribution in [3.63, 3.8) is 0 Å². The molecule has 1 aromatic carbocycles. The van der Waals surface area contributed by atoms with Crippen molar-refractivity contribution < 1.29 is 9.90 Å². The van der Waals surface area contributed by atoms with Crippen molar-refractivity contribution >= 4 is 17.3 Å². The maximum atomic E-state index is 11.8. The number of aliphatic hydroxyl groups is 1. The molecule has 4 N–H and O–H groups in total. The van der Waals surface area contributed by atoms with E-state index in [-0.39, 0.29) is 5.91 Å². The number of nitrogens with two attached hydrogens (primary N) is 1. The highest BCUT2D eigenvalue weighted by molar-refractivity contribution is 5.95. The monoisotopic (exact) mass is 279 g/mol. The van der Waals surface area contributed by atoms with Gasteiger partial charge in [0.25, 0.3) is 5.91 Å². The second-order valence-electron chi connectivity index (χ2n) is 5.67. The molecule has 5 heteroatoms.